The van der Waals surface area contributed by atoms with Gasteiger partial charge in [0.1, 0.15) is 0 Å². The molecule has 2 aliphatic rings. The number of hydrogen-bond acceptors (Lipinski definition) is 10. The van der Waals surface area contributed by atoms with Gasteiger partial charge in [0.15, 0.2) is 28.4 Å². The molecule has 2 saturated heterocycles. The third kappa shape index (κ3) is 8.53. The van der Waals surface area contributed by atoms with Crippen molar-refractivity contribution in [3.8, 4) is 0 Å². The lowest BCUT2D eigenvalue weighted by atomic mass is 10.1. The van der Waals surface area contributed by atoms with Crippen LogP contribution in [0.2, 0.25) is 5.15 Å². The van der Waals surface area contributed by atoms with Crippen LogP contribution in [-0.2, 0) is 9.09 Å². The Morgan fingerprint density at radius 3 is 2.71 bits per heavy atom. The number of anilines is 2. The molecule has 9 N–H and O–H groups in total. The van der Waals surface area contributed by atoms with Crippen molar-refractivity contribution >= 4 is 42.8 Å². The van der Waals surface area contributed by atoms with E-state index < -0.39 is 13.7 Å². The Labute approximate surface area is 209 Å². The lowest BCUT2D eigenvalue weighted by Gasteiger charge is -2.40. The fraction of sp³-hybridized carbons (Fsp3) is 0.684. The van der Waals surface area contributed by atoms with Gasteiger partial charge in [-0.05, 0) is 38.6 Å². The molecule has 0 radical (unpaired) electrons. The van der Waals surface area contributed by atoms with E-state index in [1.807, 2.05) is 0 Å². The van der Waals surface area contributed by atoms with Crippen LogP contribution in [0.15, 0.2) is 4.99 Å². The van der Waals surface area contributed by atoms with Crippen LogP contribution >= 0.6 is 19.3 Å². The maximum atomic E-state index is 12.2. The maximum Gasteiger partial charge on any atom is 0.404 e. The molecular formula is C19H34ClN10O4P. The largest absolute Gasteiger partial charge is 0.404 e. The monoisotopic (exact) mass is 532 g/mol. The highest BCUT2D eigenvalue weighted by atomic mass is 35.5. The molecule has 1 amide bonds. The first-order valence-electron chi connectivity index (χ1n) is 11.6. The van der Waals surface area contributed by atoms with E-state index in [0.29, 0.717) is 13.2 Å². The van der Waals surface area contributed by atoms with E-state index in [1.54, 1.807) is 0 Å². The summed E-state index contributed by atoms with van der Waals surface area (Å²) in [5.41, 5.74) is 16.8. The van der Waals surface area contributed by atoms with Gasteiger partial charge in [-0.15, -0.1) is 0 Å². The zero-order chi connectivity index (χ0) is 25.4. The van der Waals surface area contributed by atoms with Gasteiger partial charge >= 0.3 is 7.75 Å². The Morgan fingerprint density at radius 2 is 1.97 bits per heavy atom. The Hall–Kier alpha value is -2.06. The fourth-order valence-corrected chi connectivity index (χ4v) is 5.20. The minimum atomic E-state index is -3.74. The van der Waals surface area contributed by atoms with Gasteiger partial charge in [-0.1, -0.05) is 11.6 Å². The number of piperazine rings is 1. The fourth-order valence-electron chi connectivity index (χ4n) is 3.95. The average Bonchev–Trinajstić information content (AvgIpc) is 2.79. The molecule has 0 saturated carbocycles. The van der Waals surface area contributed by atoms with Crippen molar-refractivity contribution in [1.82, 2.24) is 30.2 Å². The van der Waals surface area contributed by atoms with Gasteiger partial charge in [0.2, 0.25) is 0 Å². The van der Waals surface area contributed by atoms with Gasteiger partial charge in [-0.2, -0.15) is 0 Å². The number of guanidine groups is 1. The molecule has 16 heteroatoms. The minimum Gasteiger partial charge on any atom is -0.382 e. The third-order valence-electron chi connectivity index (χ3n) is 5.82. The summed E-state index contributed by atoms with van der Waals surface area (Å²) < 4.78 is 17.1. The average molecular weight is 533 g/mol. The number of nitrogens with two attached hydrogens (primary N) is 3. The van der Waals surface area contributed by atoms with Crippen LogP contribution in [0.3, 0.4) is 0 Å². The van der Waals surface area contributed by atoms with Gasteiger partial charge in [-0.3, -0.25) is 24.5 Å². The number of unbranched alkanes of at least 4 members (excludes halogenated alkanes) is 1. The number of halogens is 1. The third-order valence-corrected chi connectivity index (χ3v) is 7.26. The number of nitrogens with zero attached hydrogens (tertiary/aromatic N) is 5. The standard InChI is InChI=1S/C19H34ClN10O4P/c20-15-17(22)26-16(21)14(25-15)18(31)27-19(23)24-6-2-3-7-29-8-10-30(11-9-29)13-5-1-4-12-34-35(32,33)28-13/h13H,1-12H2,(H4,21,22,26)(H2,28,32,33)(H3,23,24,27,31). The summed E-state index contributed by atoms with van der Waals surface area (Å²) in [5, 5.41) is 5.09. The lowest BCUT2D eigenvalue weighted by molar-refractivity contribution is 0.0750. The first-order chi connectivity index (χ1) is 16.6. The number of aliphatic imine (C=N–C) groups is 1. The number of aromatic nitrogens is 2. The van der Waals surface area contributed by atoms with Crippen molar-refractivity contribution in [2.75, 3.05) is 57.3 Å². The quantitative estimate of drug-likeness (QED) is 0.118. The lowest BCUT2D eigenvalue weighted by Crippen LogP contribution is -2.54. The second-order valence-corrected chi connectivity index (χ2v) is 10.3. The van der Waals surface area contributed by atoms with Crippen LogP contribution < -0.4 is 27.6 Å². The summed E-state index contributed by atoms with van der Waals surface area (Å²) in [6.07, 6.45) is 4.13. The first-order valence-corrected chi connectivity index (χ1v) is 13.5. The summed E-state index contributed by atoms with van der Waals surface area (Å²) in [5.74, 6) is -0.930. The van der Waals surface area contributed by atoms with Crippen LogP contribution in [0.1, 0.15) is 42.6 Å². The van der Waals surface area contributed by atoms with Crippen LogP contribution in [0.25, 0.3) is 0 Å². The van der Waals surface area contributed by atoms with Crippen molar-refractivity contribution < 1.29 is 18.8 Å². The Balaban J connectivity index is 1.34. The van der Waals surface area contributed by atoms with Gasteiger partial charge in [-0.25, -0.2) is 19.6 Å². The highest BCUT2D eigenvalue weighted by Crippen LogP contribution is 2.40. The number of nitrogen functional groups attached to an aromatic ring is 2. The van der Waals surface area contributed by atoms with Crippen molar-refractivity contribution in [2.45, 2.75) is 38.3 Å². The molecule has 35 heavy (non-hydrogen) atoms. The number of nitrogens with one attached hydrogen (secondary N) is 2. The molecule has 14 nitrogen and oxygen atoms in total. The van der Waals surface area contributed by atoms with Crippen molar-refractivity contribution in [1.29, 1.82) is 0 Å². The van der Waals surface area contributed by atoms with Crippen LogP contribution in [0.5, 0.6) is 0 Å². The van der Waals surface area contributed by atoms with E-state index in [0.717, 1.165) is 64.8 Å². The molecule has 196 valence electrons. The number of amides is 1. The van der Waals surface area contributed by atoms with Crippen LogP contribution in [-0.4, -0.2) is 88.6 Å². The topological polar surface area (TPSA) is 210 Å². The summed E-state index contributed by atoms with van der Waals surface area (Å²) in [7, 11) is -3.74. The second-order valence-electron chi connectivity index (χ2n) is 8.43. The highest BCUT2D eigenvalue weighted by molar-refractivity contribution is 7.50. The molecule has 0 aliphatic carbocycles. The first kappa shape index (κ1) is 27.5. The smallest absolute Gasteiger partial charge is 0.382 e. The molecule has 0 aromatic carbocycles. The molecule has 2 atom stereocenters. The van der Waals surface area contributed by atoms with E-state index in [-0.39, 0.29) is 34.6 Å². The van der Waals surface area contributed by atoms with Crippen molar-refractivity contribution in [2.24, 2.45) is 10.7 Å². The zero-order valence-corrected chi connectivity index (χ0v) is 21.2. The number of carbonyl (C=O) groups excluding carboxylic acids is 1. The van der Waals surface area contributed by atoms with Gasteiger partial charge in [0, 0.05) is 32.7 Å². The number of hydrogen-bond donors (Lipinski definition) is 6. The molecule has 2 aliphatic heterocycles. The molecule has 2 unspecified atom stereocenters. The van der Waals surface area contributed by atoms with Crippen molar-refractivity contribution in [3.05, 3.63) is 10.8 Å². The number of rotatable bonds is 7. The second kappa shape index (κ2) is 12.8. The Kier molecular flexibility index (Phi) is 10.0. The molecule has 2 fully saturated rings. The molecule has 0 bridgehead atoms. The zero-order valence-electron chi connectivity index (χ0n) is 19.5. The normalized spacial score (nSPS) is 25.1. The van der Waals surface area contributed by atoms with Crippen molar-refractivity contribution in [3.63, 3.8) is 0 Å². The molecule has 3 heterocycles. The van der Waals surface area contributed by atoms with E-state index in [2.05, 4.69) is 35.2 Å². The van der Waals surface area contributed by atoms with E-state index >= 15 is 0 Å². The predicted octanol–water partition coefficient (Wildman–Crippen LogP) is -0.0467. The van der Waals surface area contributed by atoms with E-state index in [9.17, 15) is 14.3 Å². The molecule has 1 aromatic rings. The molecule has 0 spiro atoms. The Morgan fingerprint density at radius 1 is 1.23 bits per heavy atom. The Bertz CT molecular complexity index is 960. The molecule has 3 rings (SSSR count). The summed E-state index contributed by atoms with van der Waals surface area (Å²) in [6, 6.07) is 0. The highest BCUT2D eigenvalue weighted by Gasteiger charge is 2.31. The SMILES string of the molecule is NC(=NCCCCN1CCN(C2CCCCOP(=O)(O)N2)CC1)NC(=O)c1nc(Cl)c(N)nc1N. The van der Waals surface area contributed by atoms with Gasteiger partial charge < -0.3 is 27.0 Å². The maximum absolute atomic E-state index is 12.2. The van der Waals surface area contributed by atoms with E-state index in [1.165, 1.54) is 0 Å². The minimum absolute atomic E-state index is 0.0467. The number of carbonyl (C=O) groups is 1. The van der Waals surface area contributed by atoms with Gasteiger partial charge in [0.25, 0.3) is 5.91 Å². The van der Waals surface area contributed by atoms with E-state index in [4.69, 9.17) is 33.3 Å². The van der Waals surface area contributed by atoms with Gasteiger partial charge in [0.05, 0.1) is 12.8 Å². The summed E-state index contributed by atoms with van der Waals surface area (Å²) in [4.78, 5) is 38.5. The molecular weight excluding hydrogens is 499 g/mol. The molecule has 1 aromatic heterocycles. The van der Waals surface area contributed by atoms with Crippen LogP contribution in [0, 0.1) is 0 Å². The summed E-state index contributed by atoms with van der Waals surface area (Å²) in [6.45, 7) is 5.06. The van der Waals surface area contributed by atoms with Crippen LogP contribution in [0.4, 0.5) is 11.6 Å². The predicted molar refractivity (Wildman–Crippen MR) is 134 cm³/mol. The summed E-state index contributed by atoms with van der Waals surface area (Å²) >= 11 is 5.79.